The normalized spacial score (nSPS) is 17.1. The lowest BCUT2D eigenvalue weighted by atomic mass is 9.98. The number of thiazole rings is 1. The van der Waals surface area contributed by atoms with Crippen molar-refractivity contribution in [3.63, 3.8) is 0 Å². The zero-order valence-corrected chi connectivity index (χ0v) is 12.0. The van der Waals surface area contributed by atoms with E-state index in [1.807, 2.05) is 24.3 Å². The first kappa shape index (κ1) is 14.2. The van der Waals surface area contributed by atoms with Gasteiger partial charge in [0.05, 0.1) is 15.8 Å². The van der Waals surface area contributed by atoms with Crippen molar-refractivity contribution >= 4 is 45.0 Å². The topological polar surface area (TPSA) is 68.0 Å². The molecule has 1 amide bonds. The second-order valence-electron chi connectivity index (χ2n) is 4.80. The van der Waals surface area contributed by atoms with Gasteiger partial charge in [0.15, 0.2) is 5.13 Å². The number of aromatic nitrogens is 1. The van der Waals surface area contributed by atoms with Crippen LogP contribution in [0.15, 0.2) is 24.3 Å². The zero-order chi connectivity index (χ0) is 12.6. The van der Waals surface area contributed by atoms with Gasteiger partial charge in [-0.2, -0.15) is 0 Å². The Morgan fingerprint density at radius 3 is 2.68 bits per heavy atom. The number of nitrogens with one attached hydrogen (secondary N) is 1. The smallest absolute Gasteiger partial charge is 0.246 e. The summed E-state index contributed by atoms with van der Waals surface area (Å²) in [5.74, 6) is -0.0981. The Kier molecular flexibility index (Phi) is 4.08. The predicted octanol–water partition coefficient (Wildman–Crippen LogP) is 2.93. The van der Waals surface area contributed by atoms with E-state index in [1.165, 1.54) is 11.3 Å². The summed E-state index contributed by atoms with van der Waals surface area (Å²) >= 11 is 1.48. The Bertz CT molecular complexity index is 559. The lowest BCUT2D eigenvalue weighted by Crippen LogP contribution is -2.48. The second-order valence-corrected chi connectivity index (χ2v) is 5.83. The van der Waals surface area contributed by atoms with Crippen LogP contribution in [0.5, 0.6) is 0 Å². The van der Waals surface area contributed by atoms with Crippen molar-refractivity contribution in [2.45, 2.75) is 31.2 Å². The van der Waals surface area contributed by atoms with Crippen LogP contribution in [0.1, 0.15) is 25.7 Å². The van der Waals surface area contributed by atoms with Gasteiger partial charge < -0.3 is 11.1 Å². The van der Waals surface area contributed by atoms with Crippen LogP contribution in [0.2, 0.25) is 0 Å². The fourth-order valence-corrected chi connectivity index (χ4v) is 3.24. The molecule has 6 heteroatoms. The maximum absolute atomic E-state index is 12.1. The molecule has 4 nitrogen and oxygen atoms in total. The maximum Gasteiger partial charge on any atom is 0.246 e. The van der Waals surface area contributed by atoms with Crippen molar-refractivity contribution in [1.29, 1.82) is 0 Å². The highest BCUT2D eigenvalue weighted by atomic mass is 35.5. The number of nitrogens with zero attached hydrogens (tertiary/aromatic N) is 1. The van der Waals surface area contributed by atoms with Crippen molar-refractivity contribution in [1.82, 2.24) is 4.98 Å². The summed E-state index contributed by atoms with van der Waals surface area (Å²) in [7, 11) is 0. The highest BCUT2D eigenvalue weighted by molar-refractivity contribution is 7.22. The molecular weight excluding hydrogens is 282 g/mol. The van der Waals surface area contributed by atoms with E-state index in [-0.39, 0.29) is 18.3 Å². The van der Waals surface area contributed by atoms with Crippen molar-refractivity contribution in [2.75, 3.05) is 5.32 Å². The van der Waals surface area contributed by atoms with Gasteiger partial charge in [0.25, 0.3) is 0 Å². The van der Waals surface area contributed by atoms with Crippen LogP contribution in [0, 0.1) is 0 Å². The third-order valence-electron chi connectivity index (χ3n) is 3.46. The molecule has 1 aromatic carbocycles. The number of nitrogens with two attached hydrogens (primary N) is 1. The zero-order valence-electron chi connectivity index (χ0n) is 10.4. The fraction of sp³-hybridized carbons (Fsp3) is 0.385. The second kappa shape index (κ2) is 5.45. The first-order chi connectivity index (χ1) is 8.67. The number of hydrogen-bond acceptors (Lipinski definition) is 4. The SMILES string of the molecule is Cl.NC1(C(=O)Nc2nc3ccccc3s2)CCCC1. The molecule has 0 bridgehead atoms. The summed E-state index contributed by atoms with van der Waals surface area (Å²) in [6, 6.07) is 7.84. The van der Waals surface area contributed by atoms with Crippen LogP contribution < -0.4 is 11.1 Å². The number of carbonyl (C=O) groups excluding carboxylic acids is 1. The largest absolute Gasteiger partial charge is 0.317 e. The number of amides is 1. The van der Waals surface area contributed by atoms with Crippen molar-refractivity contribution in [3.8, 4) is 0 Å². The summed E-state index contributed by atoms with van der Waals surface area (Å²) in [6.07, 6.45) is 3.60. The van der Waals surface area contributed by atoms with Gasteiger partial charge in [-0.1, -0.05) is 36.3 Å². The first-order valence-electron chi connectivity index (χ1n) is 6.13. The number of rotatable bonds is 2. The predicted molar refractivity (Wildman–Crippen MR) is 80.9 cm³/mol. The molecule has 102 valence electrons. The molecule has 3 N–H and O–H groups in total. The number of fused-ring (bicyclic) bond motifs is 1. The molecule has 1 aliphatic rings. The molecule has 19 heavy (non-hydrogen) atoms. The van der Waals surface area contributed by atoms with E-state index < -0.39 is 5.54 Å². The van der Waals surface area contributed by atoms with Gasteiger partial charge in [-0.3, -0.25) is 4.79 Å². The van der Waals surface area contributed by atoms with Crippen molar-refractivity contribution in [2.24, 2.45) is 5.73 Å². The summed E-state index contributed by atoms with van der Waals surface area (Å²) in [6.45, 7) is 0. The highest BCUT2D eigenvalue weighted by Gasteiger charge is 2.37. The molecule has 0 radical (unpaired) electrons. The number of halogens is 1. The molecular formula is C13H16ClN3OS. The monoisotopic (exact) mass is 297 g/mol. The Hall–Kier alpha value is -1.17. The fourth-order valence-electron chi connectivity index (χ4n) is 2.38. The molecule has 1 saturated carbocycles. The van der Waals surface area contributed by atoms with Crippen LogP contribution >= 0.6 is 23.7 Å². The minimum absolute atomic E-state index is 0. The molecule has 1 fully saturated rings. The molecule has 0 saturated heterocycles. The summed E-state index contributed by atoms with van der Waals surface area (Å²) in [5.41, 5.74) is 6.33. The van der Waals surface area contributed by atoms with E-state index in [0.29, 0.717) is 5.13 Å². The number of anilines is 1. The van der Waals surface area contributed by atoms with Gasteiger partial charge in [0, 0.05) is 0 Å². The molecule has 0 atom stereocenters. The van der Waals surface area contributed by atoms with E-state index in [4.69, 9.17) is 5.73 Å². The van der Waals surface area contributed by atoms with Crippen molar-refractivity contribution in [3.05, 3.63) is 24.3 Å². The van der Waals surface area contributed by atoms with E-state index in [1.54, 1.807) is 0 Å². The summed E-state index contributed by atoms with van der Waals surface area (Å²) < 4.78 is 1.07. The van der Waals surface area contributed by atoms with Crippen LogP contribution in [-0.4, -0.2) is 16.4 Å². The molecule has 1 aromatic heterocycles. The summed E-state index contributed by atoms with van der Waals surface area (Å²) in [5, 5.41) is 3.49. The standard InChI is InChI=1S/C13H15N3OS.ClH/c14-13(7-3-4-8-13)11(17)16-12-15-9-5-1-2-6-10(9)18-12;/h1-2,5-6H,3-4,7-8,14H2,(H,15,16,17);1H. The number of para-hydroxylation sites is 1. The average molecular weight is 298 g/mol. The summed E-state index contributed by atoms with van der Waals surface area (Å²) in [4.78, 5) is 16.5. The van der Waals surface area contributed by atoms with Gasteiger partial charge in [-0.05, 0) is 25.0 Å². The number of carbonyl (C=O) groups is 1. The quantitative estimate of drug-likeness (QED) is 0.895. The molecule has 1 aliphatic carbocycles. The number of benzene rings is 1. The van der Waals surface area contributed by atoms with Gasteiger partial charge in [0.2, 0.25) is 5.91 Å². The van der Waals surface area contributed by atoms with E-state index in [9.17, 15) is 4.79 Å². The lowest BCUT2D eigenvalue weighted by Gasteiger charge is -2.21. The Balaban J connectivity index is 0.00000133. The Morgan fingerprint density at radius 1 is 1.32 bits per heavy atom. The minimum Gasteiger partial charge on any atom is -0.317 e. The van der Waals surface area contributed by atoms with E-state index in [2.05, 4.69) is 10.3 Å². The molecule has 0 aliphatic heterocycles. The average Bonchev–Trinajstić information content (AvgIpc) is 2.95. The molecule has 3 rings (SSSR count). The van der Waals surface area contributed by atoms with E-state index in [0.717, 1.165) is 35.9 Å². The van der Waals surface area contributed by atoms with E-state index >= 15 is 0 Å². The molecule has 0 spiro atoms. The van der Waals surface area contributed by atoms with Crippen LogP contribution in [-0.2, 0) is 4.79 Å². The Morgan fingerprint density at radius 2 is 2.00 bits per heavy atom. The third-order valence-corrected chi connectivity index (χ3v) is 4.41. The third kappa shape index (κ3) is 2.73. The minimum atomic E-state index is -0.697. The van der Waals surface area contributed by atoms with Crippen molar-refractivity contribution < 1.29 is 4.79 Å². The van der Waals surface area contributed by atoms with Gasteiger partial charge in [-0.25, -0.2) is 4.98 Å². The Labute approximate surface area is 121 Å². The highest BCUT2D eigenvalue weighted by Crippen LogP contribution is 2.30. The first-order valence-corrected chi connectivity index (χ1v) is 6.95. The van der Waals surface area contributed by atoms with Gasteiger partial charge in [-0.15, -0.1) is 12.4 Å². The van der Waals surface area contributed by atoms with Gasteiger partial charge in [0.1, 0.15) is 0 Å². The van der Waals surface area contributed by atoms with Crippen LogP contribution in [0.3, 0.4) is 0 Å². The van der Waals surface area contributed by atoms with Crippen LogP contribution in [0.4, 0.5) is 5.13 Å². The maximum atomic E-state index is 12.1. The van der Waals surface area contributed by atoms with Crippen LogP contribution in [0.25, 0.3) is 10.2 Å². The molecule has 0 unspecified atom stereocenters. The molecule has 1 heterocycles. The van der Waals surface area contributed by atoms with Gasteiger partial charge >= 0.3 is 0 Å². The molecule has 2 aromatic rings. The lowest BCUT2D eigenvalue weighted by molar-refractivity contribution is -0.120. The number of hydrogen-bond donors (Lipinski definition) is 2.